The molecule has 0 amide bonds. The van der Waals surface area contributed by atoms with Crippen LogP contribution in [0.5, 0.6) is 5.75 Å². The molecular weight excluding hydrogens is 578 g/mol. The molecule has 10 nitrogen and oxygen atoms in total. The Hall–Kier alpha value is -3.79. The average molecular weight is 624 g/mol. The number of anilines is 2. The second kappa shape index (κ2) is 11.8. The fourth-order valence-electron chi connectivity index (χ4n) is 10.1. The van der Waals surface area contributed by atoms with Gasteiger partial charge >= 0.3 is 5.97 Å². The van der Waals surface area contributed by atoms with Gasteiger partial charge in [0, 0.05) is 43.5 Å². The van der Waals surface area contributed by atoms with Crippen molar-refractivity contribution in [3.63, 3.8) is 0 Å². The first kappa shape index (κ1) is 29.6. The van der Waals surface area contributed by atoms with E-state index in [1.54, 1.807) is 6.07 Å². The molecule has 1 aromatic carbocycles. The number of rotatable bonds is 7. The number of hydrogen-bond donors (Lipinski definition) is 3. The largest absolute Gasteiger partial charge is 0.507 e. The number of carbonyl (C=O) groups is 1. The SMILES string of the molecule is Nc1nnc(-c2ccccc2O)cc1N1CC2CC3C(C1)CC3(Cc1ncc(C3CCN(C4CCC(C(=O)O)CC4)CC3)cn1)C2. The zero-order valence-electron chi connectivity index (χ0n) is 26.5. The molecule has 242 valence electrons. The molecule has 0 spiro atoms. The third kappa shape index (κ3) is 5.38. The standard InChI is InChI=1S/C36H45N7O3/c37-34-31(14-30(40-41-34)28-3-1-2-4-32(28)44)43-20-22-13-29-25(21-43)16-36(29,15-22)17-33-38-18-26(19-39-33)23-9-11-42(12-10-23)27-7-5-24(6-8-27)35(45)46/h1-4,14,18-19,22-25,27,29,44H,5-13,15-17,20-21H2,(H2,37,41)(H,45,46). The highest BCUT2D eigenvalue weighted by atomic mass is 16.4. The van der Waals surface area contributed by atoms with E-state index < -0.39 is 5.97 Å². The number of carboxylic acid groups (broad SMARTS) is 1. The second-order valence-corrected chi connectivity index (χ2v) is 14.9. The fourth-order valence-corrected chi connectivity index (χ4v) is 10.1. The van der Waals surface area contributed by atoms with Crippen LogP contribution >= 0.6 is 0 Å². The molecule has 10 heteroatoms. The molecule has 4 N–H and O–H groups in total. The van der Waals surface area contributed by atoms with Crippen molar-refractivity contribution >= 4 is 17.5 Å². The number of carboxylic acids is 1. The van der Waals surface area contributed by atoms with Crippen molar-refractivity contribution in [3.05, 3.63) is 54.1 Å². The zero-order chi connectivity index (χ0) is 31.4. The Labute approximate surface area is 270 Å². The molecule has 4 unspecified atom stereocenters. The van der Waals surface area contributed by atoms with Crippen LogP contribution in [0, 0.1) is 29.1 Å². The summed E-state index contributed by atoms with van der Waals surface area (Å²) in [6.45, 7) is 4.09. The maximum Gasteiger partial charge on any atom is 0.306 e. The van der Waals surface area contributed by atoms with Crippen molar-refractivity contribution in [1.29, 1.82) is 0 Å². The minimum atomic E-state index is -0.624. The second-order valence-electron chi connectivity index (χ2n) is 14.9. The predicted molar refractivity (Wildman–Crippen MR) is 175 cm³/mol. The molecule has 8 rings (SSSR count). The average Bonchev–Trinajstić information content (AvgIpc) is 3.23. The third-order valence-corrected chi connectivity index (χ3v) is 12.4. The number of nitrogen functional groups attached to an aromatic ring is 1. The Bertz CT molecular complexity index is 1580. The first-order valence-electron chi connectivity index (χ1n) is 17.3. The number of phenolic OH excluding ortho intramolecular Hbond substituents is 1. The van der Waals surface area contributed by atoms with Crippen LogP contribution in [0.25, 0.3) is 11.3 Å². The van der Waals surface area contributed by atoms with Crippen molar-refractivity contribution in [3.8, 4) is 17.0 Å². The lowest BCUT2D eigenvalue weighted by Crippen LogP contribution is -2.51. The van der Waals surface area contributed by atoms with E-state index in [0.717, 1.165) is 82.6 Å². The van der Waals surface area contributed by atoms with E-state index in [2.05, 4.69) is 32.4 Å². The van der Waals surface area contributed by atoms with Gasteiger partial charge in [-0.25, -0.2) is 9.97 Å². The van der Waals surface area contributed by atoms with Gasteiger partial charge in [0.2, 0.25) is 0 Å². The summed E-state index contributed by atoms with van der Waals surface area (Å²) >= 11 is 0. The summed E-state index contributed by atoms with van der Waals surface area (Å²) < 4.78 is 0. The van der Waals surface area contributed by atoms with Crippen LogP contribution in [0.1, 0.15) is 75.1 Å². The molecule has 46 heavy (non-hydrogen) atoms. The summed E-state index contributed by atoms with van der Waals surface area (Å²) in [5.74, 6) is 3.29. The quantitative estimate of drug-likeness (QED) is 0.324. The van der Waals surface area contributed by atoms with Crippen LogP contribution in [0.2, 0.25) is 0 Å². The van der Waals surface area contributed by atoms with Gasteiger partial charge in [-0.2, -0.15) is 0 Å². The molecule has 2 aromatic heterocycles. The van der Waals surface area contributed by atoms with Gasteiger partial charge in [0.25, 0.3) is 0 Å². The Morgan fingerprint density at radius 2 is 1.74 bits per heavy atom. The number of hydrogen-bond acceptors (Lipinski definition) is 9. The van der Waals surface area contributed by atoms with E-state index in [-0.39, 0.29) is 11.7 Å². The highest BCUT2D eigenvalue weighted by Gasteiger charge is 2.60. The number of nitrogens with zero attached hydrogens (tertiary/aromatic N) is 6. The third-order valence-electron chi connectivity index (χ3n) is 12.4. The van der Waals surface area contributed by atoms with Crippen molar-refractivity contribution < 1.29 is 15.0 Å². The molecule has 4 heterocycles. The van der Waals surface area contributed by atoms with Crippen LogP contribution in [-0.4, -0.2) is 73.5 Å². The number of phenols is 1. The van der Waals surface area contributed by atoms with Gasteiger partial charge in [0.15, 0.2) is 5.82 Å². The summed E-state index contributed by atoms with van der Waals surface area (Å²) in [6, 6.07) is 9.77. The van der Waals surface area contributed by atoms with Gasteiger partial charge in [0.05, 0.1) is 17.3 Å². The maximum atomic E-state index is 11.3. The molecule has 2 aliphatic heterocycles. The monoisotopic (exact) mass is 623 g/mol. The highest BCUT2D eigenvalue weighted by Crippen LogP contribution is 2.65. The minimum Gasteiger partial charge on any atom is -0.507 e. The lowest BCUT2D eigenvalue weighted by Gasteiger charge is -2.53. The van der Waals surface area contributed by atoms with Crippen LogP contribution in [-0.2, 0) is 11.2 Å². The number of aliphatic carboxylic acids is 1. The van der Waals surface area contributed by atoms with Gasteiger partial charge in [0.1, 0.15) is 11.6 Å². The number of aromatic nitrogens is 4. The van der Waals surface area contributed by atoms with E-state index in [4.69, 9.17) is 15.7 Å². The highest BCUT2D eigenvalue weighted by molar-refractivity contribution is 5.74. The fraction of sp³-hybridized carbons (Fsp3) is 0.583. The first-order chi connectivity index (χ1) is 22.3. The van der Waals surface area contributed by atoms with E-state index in [1.165, 1.54) is 24.8 Å². The lowest BCUT2D eigenvalue weighted by atomic mass is 9.53. The lowest BCUT2D eigenvalue weighted by molar-refractivity contribution is -0.143. The number of para-hydroxylation sites is 1. The topological polar surface area (TPSA) is 142 Å². The Morgan fingerprint density at radius 3 is 2.48 bits per heavy atom. The van der Waals surface area contributed by atoms with E-state index in [1.807, 2.05) is 24.3 Å². The van der Waals surface area contributed by atoms with Crippen LogP contribution in [0.3, 0.4) is 0 Å². The van der Waals surface area contributed by atoms with E-state index in [9.17, 15) is 15.0 Å². The molecule has 0 radical (unpaired) electrons. The molecule has 3 aromatic rings. The number of benzene rings is 1. The summed E-state index contributed by atoms with van der Waals surface area (Å²) in [4.78, 5) is 26.2. The number of nitrogens with two attached hydrogens (primary N) is 1. The van der Waals surface area contributed by atoms with Gasteiger partial charge < -0.3 is 25.7 Å². The van der Waals surface area contributed by atoms with E-state index >= 15 is 0 Å². The van der Waals surface area contributed by atoms with Crippen molar-refractivity contribution in [2.24, 2.45) is 29.1 Å². The maximum absolute atomic E-state index is 11.3. The molecule has 5 aliphatic rings. The van der Waals surface area contributed by atoms with Crippen LogP contribution in [0.4, 0.5) is 11.5 Å². The molecule has 3 aliphatic carbocycles. The van der Waals surface area contributed by atoms with Crippen LogP contribution in [0.15, 0.2) is 42.7 Å². The summed E-state index contributed by atoms with van der Waals surface area (Å²) in [6.07, 6.45) is 14.7. The number of likely N-dealkylation sites (tertiary alicyclic amines) is 1. The van der Waals surface area contributed by atoms with Crippen molar-refractivity contribution in [1.82, 2.24) is 25.1 Å². The normalized spacial score (nSPS) is 31.3. The van der Waals surface area contributed by atoms with Gasteiger partial charge in [-0.05, 0) is 124 Å². The Kier molecular flexibility index (Phi) is 7.58. The summed E-state index contributed by atoms with van der Waals surface area (Å²) in [5, 5.41) is 28.3. The molecule has 2 saturated heterocycles. The molecule has 3 saturated carbocycles. The van der Waals surface area contributed by atoms with Crippen molar-refractivity contribution in [2.75, 3.05) is 36.8 Å². The van der Waals surface area contributed by atoms with E-state index in [0.29, 0.717) is 52.2 Å². The number of aromatic hydroxyl groups is 1. The summed E-state index contributed by atoms with van der Waals surface area (Å²) in [5.41, 5.74) is 10.2. The zero-order valence-corrected chi connectivity index (χ0v) is 26.5. The Morgan fingerprint density at radius 1 is 0.978 bits per heavy atom. The molecular formula is C36H45N7O3. The molecule has 2 bridgehead atoms. The minimum absolute atomic E-state index is 0.146. The smallest absolute Gasteiger partial charge is 0.306 e. The summed E-state index contributed by atoms with van der Waals surface area (Å²) in [7, 11) is 0. The predicted octanol–water partition coefficient (Wildman–Crippen LogP) is 5.14. The molecule has 5 fully saturated rings. The van der Waals surface area contributed by atoms with Crippen LogP contribution < -0.4 is 10.6 Å². The van der Waals surface area contributed by atoms with Gasteiger partial charge in [-0.15, -0.1) is 10.2 Å². The van der Waals surface area contributed by atoms with Gasteiger partial charge in [-0.3, -0.25) is 4.79 Å². The Balaban J connectivity index is 0.876. The number of fused-ring (bicyclic) bond motifs is 1. The first-order valence-corrected chi connectivity index (χ1v) is 17.3. The van der Waals surface area contributed by atoms with Gasteiger partial charge in [-0.1, -0.05) is 12.1 Å². The van der Waals surface area contributed by atoms with Crippen molar-refractivity contribution in [2.45, 2.75) is 76.2 Å². The number of piperidine rings is 1. The molecule has 4 atom stereocenters.